The van der Waals surface area contributed by atoms with E-state index in [0.29, 0.717) is 36.0 Å². The minimum Gasteiger partial charge on any atom is -0.492 e. The smallest absolute Gasteiger partial charge is 0.332 e. The third kappa shape index (κ3) is 4.78. The number of furan rings is 1. The van der Waals surface area contributed by atoms with Crippen LogP contribution in [0.25, 0.3) is 11.3 Å². The number of carbonyl (C=O) groups is 1. The van der Waals surface area contributed by atoms with Crippen LogP contribution in [-0.4, -0.2) is 34.4 Å². The second-order valence-corrected chi connectivity index (χ2v) is 6.53. The number of rotatable bonds is 10. The van der Waals surface area contributed by atoms with Crippen molar-refractivity contribution >= 4 is 5.97 Å². The number of benzene rings is 1. The van der Waals surface area contributed by atoms with Crippen molar-refractivity contribution in [1.29, 1.82) is 0 Å². The Balaban J connectivity index is 1.93. The molecular weight excluding hydrogens is 378 g/mol. The molecule has 3 rings (SSSR count). The number of aromatic nitrogens is 1. The summed E-state index contributed by atoms with van der Waals surface area (Å²) in [6, 6.07) is 5.55. The minimum absolute atomic E-state index is 0.145. The van der Waals surface area contributed by atoms with Crippen LogP contribution in [-0.2, 0) is 17.8 Å². The van der Waals surface area contributed by atoms with Gasteiger partial charge in [0.25, 0.3) is 0 Å². The first kappa shape index (κ1) is 20.5. The summed E-state index contributed by atoms with van der Waals surface area (Å²) >= 11 is 0. The van der Waals surface area contributed by atoms with Gasteiger partial charge >= 0.3 is 5.97 Å². The molecule has 8 heteroatoms. The van der Waals surface area contributed by atoms with E-state index in [0.717, 1.165) is 16.7 Å². The molecule has 0 radical (unpaired) electrons. The molecule has 2 aromatic heterocycles. The summed E-state index contributed by atoms with van der Waals surface area (Å²) < 4.78 is 22.4. The van der Waals surface area contributed by atoms with Crippen molar-refractivity contribution in [3.8, 4) is 22.8 Å². The van der Waals surface area contributed by atoms with E-state index in [1.165, 1.54) is 6.26 Å². The first-order valence-corrected chi connectivity index (χ1v) is 9.17. The second-order valence-electron chi connectivity index (χ2n) is 6.53. The molecular formula is C21H23NO7. The normalized spacial score (nSPS) is 12.0. The molecule has 1 aromatic carbocycles. The average Bonchev–Trinajstić information content (AvgIpc) is 3.40. The number of hydrogen-bond donors (Lipinski definition) is 2. The lowest BCUT2D eigenvalue weighted by atomic mass is 9.95. The largest absolute Gasteiger partial charge is 0.492 e. The van der Waals surface area contributed by atoms with Crippen LogP contribution in [0.4, 0.5) is 0 Å². The van der Waals surface area contributed by atoms with E-state index in [2.05, 4.69) is 4.98 Å². The average molecular weight is 401 g/mol. The second kappa shape index (κ2) is 9.29. The highest BCUT2D eigenvalue weighted by Crippen LogP contribution is 2.44. The number of aliphatic hydroxyl groups is 1. The summed E-state index contributed by atoms with van der Waals surface area (Å²) in [6.45, 7) is 2.04. The number of methoxy groups -OCH3 is 1. The van der Waals surface area contributed by atoms with Crippen molar-refractivity contribution < 1.29 is 33.3 Å². The van der Waals surface area contributed by atoms with Crippen molar-refractivity contribution in [1.82, 2.24) is 4.98 Å². The number of carboxylic acids is 1. The van der Waals surface area contributed by atoms with E-state index < -0.39 is 12.1 Å². The summed E-state index contributed by atoms with van der Waals surface area (Å²) in [5, 5.41) is 18.4. The van der Waals surface area contributed by atoms with Crippen molar-refractivity contribution in [2.24, 2.45) is 0 Å². The molecule has 0 fully saturated rings. The Morgan fingerprint density at radius 1 is 1.28 bits per heavy atom. The lowest BCUT2D eigenvalue weighted by Gasteiger charge is -2.19. The number of carboxylic acid groups (broad SMARTS) is 1. The topological polar surface area (TPSA) is 115 Å². The number of nitrogens with zero attached hydrogens (tertiary/aromatic N) is 1. The van der Waals surface area contributed by atoms with Crippen LogP contribution >= 0.6 is 0 Å². The predicted molar refractivity (Wildman–Crippen MR) is 103 cm³/mol. The van der Waals surface area contributed by atoms with Gasteiger partial charge in [-0.05, 0) is 49.4 Å². The minimum atomic E-state index is -1.38. The van der Waals surface area contributed by atoms with Crippen LogP contribution in [0.2, 0.25) is 0 Å². The maximum absolute atomic E-state index is 10.8. The third-order valence-corrected chi connectivity index (χ3v) is 4.51. The zero-order chi connectivity index (χ0) is 20.8. The number of aryl methyl sites for hydroxylation is 2. The fourth-order valence-corrected chi connectivity index (χ4v) is 3.17. The van der Waals surface area contributed by atoms with E-state index in [1.807, 2.05) is 19.1 Å². The Kier molecular flexibility index (Phi) is 6.56. The van der Waals surface area contributed by atoms with E-state index in [-0.39, 0.29) is 13.0 Å². The summed E-state index contributed by atoms with van der Waals surface area (Å²) in [6.07, 6.45) is 4.39. The van der Waals surface area contributed by atoms with Gasteiger partial charge in [0.2, 0.25) is 5.89 Å². The van der Waals surface area contributed by atoms with Gasteiger partial charge in [-0.3, -0.25) is 0 Å². The summed E-state index contributed by atoms with van der Waals surface area (Å²) in [5.41, 5.74) is 2.49. The molecule has 0 amide bonds. The Morgan fingerprint density at radius 3 is 2.72 bits per heavy atom. The summed E-state index contributed by atoms with van der Waals surface area (Å²) in [5.74, 6) is 0.890. The van der Waals surface area contributed by atoms with Gasteiger partial charge in [-0.2, -0.15) is 0 Å². The zero-order valence-corrected chi connectivity index (χ0v) is 16.3. The van der Waals surface area contributed by atoms with Crippen LogP contribution in [0.15, 0.2) is 45.8 Å². The van der Waals surface area contributed by atoms with Gasteiger partial charge in [0.1, 0.15) is 12.0 Å². The van der Waals surface area contributed by atoms with Gasteiger partial charge in [0.15, 0.2) is 24.2 Å². The van der Waals surface area contributed by atoms with E-state index in [1.54, 1.807) is 25.6 Å². The molecule has 0 bridgehead atoms. The van der Waals surface area contributed by atoms with Crippen LogP contribution in [0.3, 0.4) is 0 Å². The maximum Gasteiger partial charge on any atom is 0.332 e. The molecule has 0 spiro atoms. The van der Waals surface area contributed by atoms with E-state index >= 15 is 0 Å². The fourth-order valence-electron chi connectivity index (χ4n) is 3.17. The van der Waals surface area contributed by atoms with Gasteiger partial charge in [-0.1, -0.05) is 6.07 Å². The predicted octanol–water partition coefficient (Wildman–Crippen LogP) is 3.60. The molecule has 2 heterocycles. The fraction of sp³-hybridized carbons (Fsp3) is 0.333. The Hall–Kier alpha value is -3.26. The zero-order valence-electron chi connectivity index (χ0n) is 16.3. The van der Waals surface area contributed by atoms with E-state index in [9.17, 15) is 9.90 Å². The number of ether oxygens (including phenoxy) is 2. The first-order chi connectivity index (χ1) is 14.0. The third-order valence-electron chi connectivity index (χ3n) is 4.51. The van der Waals surface area contributed by atoms with Crippen molar-refractivity contribution in [2.45, 2.75) is 38.9 Å². The van der Waals surface area contributed by atoms with Crippen LogP contribution in [0.5, 0.6) is 11.5 Å². The standard InChI is InChI=1S/C21H23NO7/c1-13-11-14(5-3-6-15(23)21(24)25)18(16-7-4-9-27-16)20(26-2)19(13)29-12-17-22-8-10-28-17/h4,7-11,15,23H,3,5-6,12H2,1-2H3,(H,24,25). The Bertz CT molecular complexity index is 933. The lowest BCUT2D eigenvalue weighted by molar-refractivity contribution is -0.146. The Labute approximate surface area is 167 Å². The highest BCUT2D eigenvalue weighted by atomic mass is 16.5. The molecule has 1 unspecified atom stereocenters. The van der Waals surface area contributed by atoms with E-state index in [4.69, 9.17) is 23.4 Å². The quantitative estimate of drug-likeness (QED) is 0.529. The molecule has 154 valence electrons. The van der Waals surface area contributed by atoms with Gasteiger partial charge in [0.05, 0.1) is 25.1 Å². The molecule has 0 aliphatic carbocycles. The highest BCUT2D eigenvalue weighted by Gasteiger charge is 2.22. The molecule has 0 saturated carbocycles. The highest BCUT2D eigenvalue weighted by molar-refractivity contribution is 5.75. The number of aliphatic carboxylic acids is 1. The summed E-state index contributed by atoms with van der Waals surface area (Å²) in [4.78, 5) is 14.9. The first-order valence-electron chi connectivity index (χ1n) is 9.17. The molecule has 29 heavy (non-hydrogen) atoms. The van der Waals surface area contributed by atoms with Crippen molar-refractivity contribution in [3.63, 3.8) is 0 Å². The number of aliphatic hydroxyl groups excluding tert-OH is 1. The molecule has 0 saturated heterocycles. The van der Waals surface area contributed by atoms with Crippen molar-refractivity contribution in [2.75, 3.05) is 7.11 Å². The van der Waals surface area contributed by atoms with Crippen LogP contribution in [0.1, 0.15) is 29.9 Å². The lowest BCUT2D eigenvalue weighted by Crippen LogP contribution is -2.19. The number of hydrogen-bond acceptors (Lipinski definition) is 7. The monoisotopic (exact) mass is 401 g/mol. The maximum atomic E-state index is 10.8. The van der Waals surface area contributed by atoms with Gasteiger partial charge in [-0.15, -0.1) is 0 Å². The SMILES string of the molecule is COc1c(OCc2ncco2)c(C)cc(CCCC(O)C(=O)O)c1-c1ccco1. The van der Waals surface area contributed by atoms with Crippen LogP contribution in [0, 0.1) is 6.92 Å². The molecule has 2 N–H and O–H groups in total. The molecule has 0 aliphatic rings. The van der Waals surface area contributed by atoms with Gasteiger partial charge < -0.3 is 28.5 Å². The Morgan fingerprint density at radius 2 is 2.10 bits per heavy atom. The molecule has 3 aromatic rings. The molecule has 8 nitrogen and oxygen atoms in total. The summed E-state index contributed by atoms with van der Waals surface area (Å²) in [7, 11) is 1.55. The molecule has 1 atom stereocenters. The number of oxazole rings is 1. The molecule has 0 aliphatic heterocycles. The van der Waals surface area contributed by atoms with Gasteiger partial charge in [-0.25, -0.2) is 9.78 Å². The van der Waals surface area contributed by atoms with Crippen LogP contribution < -0.4 is 9.47 Å². The van der Waals surface area contributed by atoms with Gasteiger partial charge in [0, 0.05) is 0 Å². The van der Waals surface area contributed by atoms with Crippen molar-refractivity contribution in [3.05, 3.63) is 53.9 Å².